The van der Waals surface area contributed by atoms with Crippen LogP contribution in [-0.4, -0.2) is 0 Å². The Morgan fingerprint density at radius 1 is 0.400 bits per heavy atom. The highest BCUT2D eigenvalue weighted by Gasteiger charge is 2.16. The van der Waals surface area contributed by atoms with Gasteiger partial charge in [0.15, 0.2) is 23.3 Å². The molecule has 0 aliphatic heterocycles. The summed E-state index contributed by atoms with van der Waals surface area (Å²) < 4.78 is 80.6. The van der Waals surface area contributed by atoms with Crippen LogP contribution in [0.5, 0.6) is 0 Å². The summed E-state index contributed by atoms with van der Waals surface area (Å²) in [6, 6.07) is 9.15. The molecule has 0 spiro atoms. The predicted octanol–water partition coefficient (Wildman–Crippen LogP) is 7.75. The summed E-state index contributed by atoms with van der Waals surface area (Å²) in [4.78, 5) is 0. The third-order valence-electron chi connectivity index (χ3n) is 5.00. The molecule has 0 nitrogen and oxygen atoms in total. The Balaban J connectivity index is 0.000000171. The van der Waals surface area contributed by atoms with Crippen LogP contribution in [-0.2, 0) is 0 Å². The molecule has 0 unspecified atom stereocenters. The van der Waals surface area contributed by atoms with Gasteiger partial charge in [0.2, 0.25) is 0 Å². The summed E-state index contributed by atoms with van der Waals surface area (Å²) in [5, 5.41) is 0.236. The zero-order chi connectivity index (χ0) is 22.3. The second-order valence-electron chi connectivity index (χ2n) is 7.23. The standard InChI is InChI=1S/2C12H9F3/c2*1-6-3-4-8-5-7(2)11(14)12(15)9(8)10(6)13/h2*3-5H,1-2H3. The molecule has 0 aromatic heterocycles. The van der Waals surface area contributed by atoms with Crippen LogP contribution in [0, 0.1) is 62.6 Å². The summed E-state index contributed by atoms with van der Waals surface area (Å²) >= 11 is 0. The van der Waals surface area contributed by atoms with Crippen LogP contribution in [0.4, 0.5) is 26.3 Å². The Morgan fingerprint density at radius 2 is 0.733 bits per heavy atom. The average Bonchev–Trinajstić information content (AvgIpc) is 2.70. The quantitative estimate of drug-likeness (QED) is 0.255. The number of fused-ring (bicyclic) bond motifs is 2. The van der Waals surface area contributed by atoms with Crippen molar-refractivity contribution in [3.63, 3.8) is 0 Å². The maximum absolute atomic E-state index is 13.6. The first-order valence-corrected chi connectivity index (χ1v) is 9.11. The van der Waals surface area contributed by atoms with E-state index in [9.17, 15) is 26.3 Å². The SMILES string of the molecule is Cc1cc2ccc(C)c(F)c2c(F)c1F.Cc1cc2ccc(C)c(F)c2c(F)c1F. The number of hydrogen-bond acceptors (Lipinski definition) is 0. The molecular weight excluding hydrogens is 402 g/mol. The van der Waals surface area contributed by atoms with Gasteiger partial charge in [0.1, 0.15) is 11.6 Å². The minimum Gasteiger partial charge on any atom is -0.206 e. The highest BCUT2D eigenvalue weighted by molar-refractivity contribution is 5.86. The Bertz CT molecular complexity index is 1190. The van der Waals surface area contributed by atoms with Gasteiger partial charge in [-0.25, -0.2) is 26.3 Å². The lowest BCUT2D eigenvalue weighted by molar-refractivity contribution is 0.506. The van der Waals surface area contributed by atoms with Crippen LogP contribution in [0.3, 0.4) is 0 Å². The van der Waals surface area contributed by atoms with Gasteiger partial charge in [-0.3, -0.25) is 0 Å². The molecule has 0 aliphatic rings. The van der Waals surface area contributed by atoms with Crippen LogP contribution in [0.15, 0.2) is 36.4 Å². The van der Waals surface area contributed by atoms with E-state index in [1.54, 1.807) is 24.3 Å². The molecule has 0 radical (unpaired) electrons. The van der Waals surface area contributed by atoms with E-state index in [0.717, 1.165) is 0 Å². The smallest absolute Gasteiger partial charge is 0.169 e. The summed E-state index contributed by atoms with van der Waals surface area (Å²) in [6.07, 6.45) is 0. The largest absolute Gasteiger partial charge is 0.206 e. The molecule has 156 valence electrons. The van der Waals surface area contributed by atoms with Gasteiger partial charge in [-0.05, 0) is 72.9 Å². The Kier molecular flexibility index (Phi) is 5.79. The van der Waals surface area contributed by atoms with Gasteiger partial charge < -0.3 is 0 Å². The first-order chi connectivity index (χ1) is 14.0. The molecule has 0 atom stereocenters. The fourth-order valence-corrected chi connectivity index (χ4v) is 3.24. The van der Waals surface area contributed by atoms with E-state index in [-0.39, 0.29) is 21.9 Å². The summed E-state index contributed by atoms with van der Waals surface area (Å²) in [7, 11) is 0. The molecular formula is C24H18F6. The van der Waals surface area contributed by atoms with Gasteiger partial charge >= 0.3 is 0 Å². The van der Waals surface area contributed by atoms with E-state index < -0.39 is 34.9 Å². The van der Waals surface area contributed by atoms with Crippen LogP contribution >= 0.6 is 0 Å². The van der Waals surface area contributed by atoms with Crippen LogP contribution < -0.4 is 0 Å². The second-order valence-corrected chi connectivity index (χ2v) is 7.23. The number of rotatable bonds is 0. The third-order valence-corrected chi connectivity index (χ3v) is 5.00. The van der Waals surface area contributed by atoms with E-state index >= 15 is 0 Å². The van der Waals surface area contributed by atoms with Gasteiger partial charge in [0.25, 0.3) is 0 Å². The highest BCUT2D eigenvalue weighted by atomic mass is 19.2. The van der Waals surface area contributed by atoms with Crippen molar-refractivity contribution in [2.75, 3.05) is 0 Å². The summed E-state index contributed by atoms with van der Waals surface area (Å²) in [5.41, 5.74) is 0.987. The predicted molar refractivity (Wildman–Crippen MR) is 107 cm³/mol. The van der Waals surface area contributed by atoms with E-state index in [1.165, 1.54) is 39.8 Å². The lowest BCUT2D eigenvalue weighted by Crippen LogP contribution is -1.95. The van der Waals surface area contributed by atoms with Gasteiger partial charge in [-0.1, -0.05) is 24.3 Å². The molecule has 0 fully saturated rings. The Hall–Kier alpha value is -3.02. The minimum absolute atomic E-state index is 0.184. The van der Waals surface area contributed by atoms with Gasteiger partial charge in [0.05, 0.1) is 10.8 Å². The van der Waals surface area contributed by atoms with Crippen molar-refractivity contribution in [3.8, 4) is 0 Å². The molecule has 6 heteroatoms. The fourth-order valence-electron chi connectivity index (χ4n) is 3.24. The lowest BCUT2D eigenvalue weighted by Gasteiger charge is -2.06. The monoisotopic (exact) mass is 420 g/mol. The van der Waals surface area contributed by atoms with Crippen LogP contribution in [0.1, 0.15) is 22.3 Å². The number of benzene rings is 4. The van der Waals surface area contributed by atoms with Crippen LogP contribution in [0.2, 0.25) is 0 Å². The molecule has 0 saturated carbocycles. The molecule has 30 heavy (non-hydrogen) atoms. The zero-order valence-electron chi connectivity index (χ0n) is 16.7. The van der Waals surface area contributed by atoms with Crippen molar-refractivity contribution < 1.29 is 26.3 Å². The fraction of sp³-hybridized carbons (Fsp3) is 0.167. The van der Waals surface area contributed by atoms with Gasteiger partial charge in [0, 0.05) is 0 Å². The molecule has 0 N–H and O–H groups in total. The van der Waals surface area contributed by atoms with E-state index in [1.807, 2.05) is 0 Å². The number of hydrogen-bond donors (Lipinski definition) is 0. The molecule has 0 amide bonds. The summed E-state index contributed by atoms with van der Waals surface area (Å²) in [6.45, 7) is 5.95. The molecule has 0 bridgehead atoms. The number of halogens is 6. The molecule has 0 aliphatic carbocycles. The van der Waals surface area contributed by atoms with Crippen molar-refractivity contribution in [1.29, 1.82) is 0 Å². The van der Waals surface area contributed by atoms with Crippen molar-refractivity contribution in [2.45, 2.75) is 27.7 Å². The molecule has 4 aromatic carbocycles. The Labute approximate surface area is 169 Å². The van der Waals surface area contributed by atoms with E-state index in [0.29, 0.717) is 21.9 Å². The summed E-state index contributed by atoms with van der Waals surface area (Å²) in [5.74, 6) is -5.55. The van der Waals surface area contributed by atoms with Crippen molar-refractivity contribution >= 4 is 21.5 Å². The normalized spacial score (nSPS) is 11.0. The molecule has 4 rings (SSSR count). The van der Waals surface area contributed by atoms with Crippen molar-refractivity contribution in [1.82, 2.24) is 0 Å². The Morgan fingerprint density at radius 3 is 1.07 bits per heavy atom. The second kappa shape index (κ2) is 8.01. The lowest BCUT2D eigenvalue weighted by atomic mass is 10.0. The molecule has 4 aromatic rings. The van der Waals surface area contributed by atoms with Gasteiger partial charge in [-0.2, -0.15) is 0 Å². The first-order valence-electron chi connectivity index (χ1n) is 9.11. The maximum atomic E-state index is 13.6. The topological polar surface area (TPSA) is 0 Å². The van der Waals surface area contributed by atoms with Crippen molar-refractivity contribution in [2.24, 2.45) is 0 Å². The van der Waals surface area contributed by atoms with Gasteiger partial charge in [-0.15, -0.1) is 0 Å². The van der Waals surface area contributed by atoms with E-state index in [4.69, 9.17) is 0 Å². The maximum Gasteiger partial charge on any atom is 0.169 e. The molecule has 0 heterocycles. The zero-order valence-corrected chi connectivity index (χ0v) is 16.7. The van der Waals surface area contributed by atoms with Crippen molar-refractivity contribution in [3.05, 3.63) is 93.6 Å². The molecule has 0 saturated heterocycles. The first kappa shape index (κ1) is 21.7. The minimum atomic E-state index is -1.11. The highest BCUT2D eigenvalue weighted by Crippen LogP contribution is 2.28. The number of aryl methyl sites for hydroxylation is 4. The van der Waals surface area contributed by atoms with Crippen LogP contribution in [0.25, 0.3) is 21.5 Å². The third kappa shape index (κ3) is 3.62. The average molecular weight is 420 g/mol. The van der Waals surface area contributed by atoms with E-state index in [2.05, 4.69) is 0 Å².